The van der Waals surface area contributed by atoms with Crippen LogP contribution < -0.4 is 0 Å². The largest absolute Gasteiger partial charge is 0.364 e. The topological polar surface area (TPSA) is 79.8 Å². The third kappa shape index (κ3) is 3.89. The number of likely N-dealkylation sites (N-methyl/N-ethyl adjacent to an activating group) is 1. The van der Waals surface area contributed by atoms with Crippen molar-refractivity contribution in [2.24, 2.45) is 0 Å². The highest BCUT2D eigenvalue weighted by Crippen LogP contribution is 2.32. The van der Waals surface area contributed by atoms with Gasteiger partial charge in [-0.25, -0.2) is 0 Å². The fourth-order valence-corrected chi connectivity index (χ4v) is 3.72. The van der Waals surface area contributed by atoms with Crippen molar-refractivity contribution in [1.29, 1.82) is 0 Å². The van der Waals surface area contributed by atoms with Gasteiger partial charge in [0.25, 0.3) is 11.8 Å². The summed E-state index contributed by atoms with van der Waals surface area (Å²) in [5, 5.41) is 0. The van der Waals surface area contributed by atoms with Crippen LogP contribution in [-0.2, 0) is 20.7 Å². The van der Waals surface area contributed by atoms with Gasteiger partial charge in [-0.15, -0.1) is 0 Å². The number of carbonyl (C=O) groups excluding carboxylic acids is 3. The van der Waals surface area contributed by atoms with Crippen LogP contribution in [0.2, 0.25) is 0 Å². The molecule has 1 aromatic carbocycles. The summed E-state index contributed by atoms with van der Waals surface area (Å²) in [6.07, 6.45) is 3.41. The summed E-state index contributed by atoms with van der Waals surface area (Å²) >= 11 is 0. The molecule has 1 aromatic heterocycles. The van der Waals surface area contributed by atoms with Gasteiger partial charge in [-0.05, 0) is 24.6 Å². The van der Waals surface area contributed by atoms with Crippen molar-refractivity contribution >= 4 is 23.7 Å². The molecule has 156 valence electrons. The minimum Gasteiger partial charge on any atom is -0.364 e. The number of methoxy groups -OCH3 is 1. The van der Waals surface area contributed by atoms with Gasteiger partial charge in [-0.2, -0.15) is 0 Å². The van der Waals surface area contributed by atoms with Crippen LogP contribution >= 0.6 is 0 Å². The Morgan fingerprint density at radius 3 is 2.50 bits per heavy atom. The number of amides is 2. The van der Waals surface area contributed by atoms with Crippen molar-refractivity contribution in [2.75, 3.05) is 20.9 Å². The number of hydrogen-bond donors (Lipinski definition) is 0. The van der Waals surface area contributed by atoms with Gasteiger partial charge in [0.1, 0.15) is 23.7 Å². The van der Waals surface area contributed by atoms with Crippen LogP contribution in [0.15, 0.2) is 54.4 Å². The molecule has 1 aliphatic rings. The Morgan fingerprint density at radius 2 is 1.87 bits per heavy atom. The Morgan fingerprint density at radius 1 is 1.17 bits per heavy atom. The number of benzene rings is 1. The number of nitrogens with zero attached hydrogens (tertiary/aromatic N) is 3. The monoisotopic (exact) mass is 407 g/mol. The minimum absolute atomic E-state index is 0.0360. The number of pyridine rings is 1. The maximum atomic E-state index is 13.5. The standard InChI is InChI=1S/C23H25N3O4/c1-16(27)20-18(11-8-12-24-20)13-19-21(28)26(15-30-4)23(2,22(29)25(19)3)14-17-9-6-5-7-10-17/h5-13H,14-15H2,1-4H3/b19-13-. The van der Waals surface area contributed by atoms with E-state index in [1.807, 2.05) is 30.3 Å². The Kier molecular flexibility index (Phi) is 6.12. The predicted octanol–water partition coefficient (Wildman–Crippen LogP) is 2.53. The number of ketones is 1. The van der Waals surface area contributed by atoms with Gasteiger partial charge in [-0.1, -0.05) is 36.4 Å². The second-order valence-electron chi connectivity index (χ2n) is 7.48. The molecule has 0 radical (unpaired) electrons. The number of ether oxygens (including phenoxy) is 1. The van der Waals surface area contributed by atoms with Crippen molar-refractivity contribution in [2.45, 2.75) is 25.8 Å². The van der Waals surface area contributed by atoms with Crippen molar-refractivity contribution in [3.05, 3.63) is 71.2 Å². The second-order valence-corrected chi connectivity index (χ2v) is 7.48. The van der Waals surface area contributed by atoms with Crippen molar-refractivity contribution in [3.63, 3.8) is 0 Å². The van der Waals surface area contributed by atoms with Gasteiger partial charge >= 0.3 is 0 Å². The molecule has 2 aromatic rings. The zero-order valence-electron chi connectivity index (χ0n) is 17.6. The van der Waals surface area contributed by atoms with E-state index in [9.17, 15) is 14.4 Å². The maximum Gasteiger partial charge on any atom is 0.273 e. The molecule has 3 rings (SSSR count). The normalized spacial score (nSPS) is 20.7. The van der Waals surface area contributed by atoms with Crippen molar-refractivity contribution < 1.29 is 19.1 Å². The Hall–Kier alpha value is -3.32. The lowest BCUT2D eigenvalue weighted by molar-refractivity contribution is -0.163. The van der Waals surface area contributed by atoms with E-state index in [0.717, 1.165) is 5.56 Å². The first-order chi connectivity index (χ1) is 14.3. The highest BCUT2D eigenvalue weighted by Gasteiger charge is 2.50. The van der Waals surface area contributed by atoms with Crippen LogP contribution in [0.5, 0.6) is 0 Å². The van der Waals surface area contributed by atoms with Crippen molar-refractivity contribution in [3.8, 4) is 0 Å². The second kappa shape index (κ2) is 8.59. The van der Waals surface area contributed by atoms with Gasteiger partial charge in [-0.3, -0.25) is 24.3 Å². The number of aromatic nitrogens is 1. The minimum atomic E-state index is -1.11. The van der Waals surface area contributed by atoms with Crippen LogP contribution in [0.4, 0.5) is 0 Å². The van der Waals surface area contributed by atoms with E-state index in [1.165, 1.54) is 36.1 Å². The highest BCUT2D eigenvalue weighted by molar-refractivity contribution is 6.09. The van der Waals surface area contributed by atoms with E-state index < -0.39 is 5.54 Å². The average molecular weight is 407 g/mol. The predicted molar refractivity (Wildman–Crippen MR) is 112 cm³/mol. The number of hydrogen-bond acceptors (Lipinski definition) is 5. The third-order valence-corrected chi connectivity index (χ3v) is 5.30. The van der Waals surface area contributed by atoms with E-state index in [1.54, 1.807) is 26.1 Å². The molecule has 0 saturated carbocycles. The molecule has 1 atom stereocenters. The van der Waals surface area contributed by atoms with E-state index >= 15 is 0 Å². The summed E-state index contributed by atoms with van der Waals surface area (Å²) in [6.45, 7) is 3.12. The van der Waals surface area contributed by atoms with Gasteiger partial charge in [0.15, 0.2) is 5.78 Å². The summed E-state index contributed by atoms with van der Waals surface area (Å²) in [5.41, 5.74) is 0.720. The summed E-state index contributed by atoms with van der Waals surface area (Å²) < 4.78 is 5.27. The van der Waals surface area contributed by atoms with Crippen molar-refractivity contribution in [1.82, 2.24) is 14.8 Å². The molecule has 2 heterocycles. The lowest BCUT2D eigenvalue weighted by atomic mass is 9.86. The van der Waals surface area contributed by atoms with Crippen LogP contribution in [0, 0.1) is 0 Å². The van der Waals surface area contributed by atoms with E-state index in [4.69, 9.17) is 4.74 Å². The van der Waals surface area contributed by atoms with Gasteiger partial charge < -0.3 is 9.64 Å². The maximum absolute atomic E-state index is 13.5. The molecule has 0 bridgehead atoms. The zero-order valence-corrected chi connectivity index (χ0v) is 17.6. The highest BCUT2D eigenvalue weighted by atomic mass is 16.5. The van der Waals surface area contributed by atoms with E-state index in [0.29, 0.717) is 12.0 Å². The van der Waals surface area contributed by atoms with Crippen LogP contribution in [0.25, 0.3) is 6.08 Å². The molecule has 1 saturated heterocycles. The summed E-state index contributed by atoms with van der Waals surface area (Å²) in [6, 6.07) is 12.9. The molecule has 1 aliphatic heterocycles. The first kappa shape index (κ1) is 21.4. The molecular weight excluding hydrogens is 382 g/mol. The van der Waals surface area contributed by atoms with Crippen LogP contribution in [-0.4, -0.2) is 58.8 Å². The molecule has 1 unspecified atom stereocenters. The average Bonchev–Trinajstić information content (AvgIpc) is 2.74. The molecule has 0 spiro atoms. The number of piperazine rings is 1. The molecular formula is C23H25N3O4. The molecule has 1 fully saturated rings. The first-order valence-electron chi connectivity index (χ1n) is 9.60. The lowest BCUT2D eigenvalue weighted by Crippen LogP contribution is -2.66. The summed E-state index contributed by atoms with van der Waals surface area (Å²) in [7, 11) is 3.06. The molecule has 7 heteroatoms. The number of rotatable bonds is 6. The smallest absolute Gasteiger partial charge is 0.273 e. The number of carbonyl (C=O) groups is 3. The Bertz CT molecular complexity index is 1000. The fourth-order valence-electron chi connectivity index (χ4n) is 3.72. The lowest BCUT2D eigenvalue weighted by Gasteiger charge is -2.47. The fraction of sp³-hybridized carbons (Fsp3) is 0.304. The molecule has 7 nitrogen and oxygen atoms in total. The summed E-state index contributed by atoms with van der Waals surface area (Å²) in [5.74, 6) is -0.805. The number of Topliss-reactive ketones (excluding diaryl/α,β-unsaturated/α-hetero) is 1. The quantitative estimate of drug-likeness (QED) is 0.543. The molecule has 0 aliphatic carbocycles. The third-order valence-electron chi connectivity index (χ3n) is 5.30. The van der Waals surface area contributed by atoms with Gasteiger partial charge in [0, 0.05) is 39.3 Å². The Balaban J connectivity index is 2.06. The Labute approximate surface area is 176 Å². The molecule has 0 N–H and O–H groups in total. The van der Waals surface area contributed by atoms with E-state index in [2.05, 4.69) is 4.98 Å². The van der Waals surface area contributed by atoms with Gasteiger partial charge in [0.05, 0.1) is 0 Å². The van der Waals surface area contributed by atoms with Gasteiger partial charge in [0.2, 0.25) is 0 Å². The first-order valence-corrected chi connectivity index (χ1v) is 9.60. The summed E-state index contributed by atoms with van der Waals surface area (Å²) in [4.78, 5) is 45.7. The van der Waals surface area contributed by atoms with Crippen LogP contribution in [0.3, 0.4) is 0 Å². The van der Waals surface area contributed by atoms with Crippen LogP contribution in [0.1, 0.15) is 35.5 Å². The zero-order chi connectivity index (χ0) is 21.9. The molecule has 30 heavy (non-hydrogen) atoms. The van der Waals surface area contributed by atoms with E-state index in [-0.39, 0.29) is 35.7 Å². The molecule has 2 amide bonds. The SMILES string of the molecule is COCN1C(=O)/C(=C/c2cccnc2C(C)=O)N(C)C(=O)C1(C)Cc1ccccc1.